The van der Waals surface area contributed by atoms with Gasteiger partial charge < -0.3 is 0 Å². The topological polar surface area (TPSA) is 48.1 Å². The summed E-state index contributed by atoms with van der Waals surface area (Å²) in [6, 6.07) is 0.402. The monoisotopic (exact) mass is 291 g/mol. The zero-order valence-corrected chi connectivity index (χ0v) is 13.7. The summed E-state index contributed by atoms with van der Waals surface area (Å²) in [5, 5.41) is 7.39. The number of piperidine rings is 1. The number of aromatic nitrogens is 3. The minimum absolute atomic E-state index is 0.244. The van der Waals surface area contributed by atoms with Crippen LogP contribution in [-0.2, 0) is 0 Å². The van der Waals surface area contributed by atoms with Gasteiger partial charge in [0.05, 0.1) is 6.04 Å². The lowest BCUT2D eigenvalue weighted by atomic mass is 9.97. The first-order valence-corrected chi connectivity index (χ1v) is 8.44. The van der Waals surface area contributed by atoms with Gasteiger partial charge in [0.1, 0.15) is 5.82 Å². The molecule has 2 aliphatic rings. The molecule has 1 aromatic rings. The van der Waals surface area contributed by atoms with Gasteiger partial charge in [-0.05, 0) is 66.1 Å². The largest absolute Gasteiger partial charge is 0.297 e. The van der Waals surface area contributed by atoms with Crippen molar-refractivity contribution in [1.82, 2.24) is 25.0 Å². The molecule has 3 heterocycles. The first-order valence-electron chi connectivity index (χ1n) is 8.44. The molecule has 0 radical (unpaired) electrons. The fourth-order valence-corrected chi connectivity index (χ4v) is 3.91. The molecule has 1 N–H and O–H groups in total. The van der Waals surface area contributed by atoms with Crippen LogP contribution in [0.1, 0.15) is 63.6 Å². The zero-order chi connectivity index (χ0) is 14.9. The van der Waals surface area contributed by atoms with Gasteiger partial charge in [0.25, 0.3) is 0 Å². The van der Waals surface area contributed by atoms with Crippen LogP contribution in [0.5, 0.6) is 0 Å². The first kappa shape index (κ1) is 15.0. The van der Waals surface area contributed by atoms with Crippen molar-refractivity contribution >= 4 is 0 Å². The summed E-state index contributed by atoms with van der Waals surface area (Å²) in [5.74, 6) is 1.91. The molecule has 2 fully saturated rings. The Hall–Kier alpha value is -0.940. The molecule has 21 heavy (non-hydrogen) atoms. The third-order valence-electron chi connectivity index (χ3n) is 5.08. The van der Waals surface area contributed by atoms with Crippen LogP contribution < -0.4 is 0 Å². The fourth-order valence-electron chi connectivity index (χ4n) is 3.91. The highest BCUT2D eigenvalue weighted by Crippen LogP contribution is 2.32. The summed E-state index contributed by atoms with van der Waals surface area (Å²) >= 11 is 0. The van der Waals surface area contributed by atoms with Crippen molar-refractivity contribution in [3.63, 3.8) is 0 Å². The maximum Gasteiger partial charge on any atom is 0.167 e. The molecule has 0 aromatic carbocycles. The predicted octanol–water partition coefficient (Wildman–Crippen LogP) is 2.51. The Morgan fingerprint density at radius 3 is 2.57 bits per heavy atom. The maximum absolute atomic E-state index is 4.56. The first-order chi connectivity index (χ1) is 10.1. The summed E-state index contributed by atoms with van der Waals surface area (Å²) in [6.45, 7) is 11.6. The summed E-state index contributed by atoms with van der Waals surface area (Å²) in [5.41, 5.74) is 0.244. The van der Waals surface area contributed by atoms with E-state index in [1.54, 1.807) is 0 Å². The van der Waals surface area contributed by atoms with Crippen molar-refractivity contribution < 1.29 is 0 Å². The quantitative estimate of drug-likeness (QED) is 0.926. The van der Waals surface area contributed by atoms with Crippen LogP contribution in [-0.4, -0.2) is 56.7 Å². The van der Waals surface area contributed by atoms with E-state index in [1.165, 1.54) is 51.7 Å². The number of nitrogens with zero attached hydrogens (tertiary/aromatic N) is 4. The minimum Gasteiger partial charge on any atom is -0.297 e. The molecule has 2 saturated heterocycles. The molecule has 3 rings (SSSR count). The van der Waals surface area contributed by atoms with E-state index in [2.05, 4.69) is 38.8 Å². The average molecular weight is 291 g/mol. The number of aryl methyl sites for hydroxylation is 1. The number of H-pyrrole nitrogens is 1. The molecule has 1 atom stereocenters. The number of rotatable bonds is 4. The standard InChI is InChI=1S/C16H29N5/c1-13-17-15(19-18-13)14-8-7-9-20(14)12-16(2,3)21-10-5-4-6-11-21/h14H,4-12H2,1-3H3,(H,17,18,19). The van der Waals surface area contributed by atoms with Gasteiger partial charge >= 0.3 is 0 Å². The van der Waals surface area contributed by atoms with Crippen molar-refractivity contribution in [2.45, 2.75) is 64.5 Å². The van der Waals surface area contributed by atoms with Crippen LogP contribution in [0.3, 0.4) is 0 Å². The van der Waals surface area contributed by atoms with E-state index >= 15 is 0 Å². The number of hydrogen-bond donors (Lipinski definition) is 1. The third-order valence-corrected chi connectivity index (χ3v) is 5.08. The number of hydrogen-bond acceptors (Lipinski definition) is 4. The molecule has 0 bridgehead atoms. The lowest BCUT2D eigenvalue weighted by molar-refractivity contribution is 0.0522. The molecule has 0 spiro atoms. The molecule has 5 nitrogen and oxygen atoms in total. The Balaban J connectivity index is 1.67. The molecular weight excluding hydrogens is 262 g/mol. The van der Waals surface area contributed by atoms with E-state index in [4.69, 9.17) is 0 Å². The Bertz CT molecular complexity index is 461. The normalized spacial score (nSPS) is 25.6. The van der Waals surface area contributed by atoms with Crippen molar-refractivity contribution in [3.05, 3.63) is 11.6 Å². The summed E-state index contributed by atoms with van der Waals surface area (Å²) < 4.78 is 0. The maximum atomic E-state index is 4.56. The van der Waals surface area contributed by atoms with E-state index in [1.807, 2.05) is 6.92 Å². The highest BCUT2D eigenvalue weighted by atomic mass is 15.3. The summed E-state index contributed by atoms with van der Waals surface area (Å²) in [6.07, 6.45) is 6.55. The molecule has 1 unspecified atom stereocenters. The van der Waals surface area contributed by atoms with Gasteiger partial charge in [-0.25, -0.2) is 4.98 Å². The molecule has 118 valence electrons. The Labute approximate surface area is 128 Å². The van der Waals surface area contributed by atoms with Crippen LogP contribution in [0, 0.1) is 6.92 Å². The second-order valence-electron chi connectivity index (χ2n) is 7.27. The number of aromatic amines is 1. The molecule has 0 amide bonds. The molecule has 2 aliphatic heterocycles. The Kier molecular flexibility index (Phi) is 4.31. The molecule has 0 aliphatic carbocycles. The SMILES string of the molecule is Cc1nc(C2CCCN2CC(C)(C)N2CCCCC2)n[nH]1. The number of likely N-dealkylation sites (tertiary alicyclic amines) is 2. The fraction of sp³-hybridized carbons (Fsp3) is 0.875. The smallest absolute Gasteiger partial charge is 0.167 e. The molecule has 5 heteroatoms. The second-order valence-corrected chi connectivity index (χ2v) is 7.27. The molecule has 0 saturated carbocycles. The van der Waals surface area contributed by atoms with E-state index in [0.29, 0.717) is 6.04 Å². The van der Waals surface area contributed by atoms with Crippen LogP contribution in [0.15, 0.2) is 0 Å². The van der Waals surface area contributed by atoms with Crippen LogP contribution >= 0.6 is 0 Å². The van der Waals surface area contributed by atoms with Crippen molar-refractivity contribution in [2.75, 3.05) is 26.2 Å². The van der Waals surface area contributed by atoms with E-state index < -0.39 is 0 Å². The van der Waals surface area contributed by atoms with Gasteiger partial charge in [-0.15, -0.1) is 0 Å². The average Bonchev–Trinajstić information content (AvgIpc) is 3.08. The highest BCUT2D eigenvalue weighted by molar-refractivity contribution is 5.01. The van der Waals surface area contributed by atoms with Crippen LogP contribution in [0.4, 0.5) is 0 Å². The lowest BCUT2D eigenvalue weighted by Gasteiger charge is -2.44. The van der Waals surface area contributed by atoms with Crippen molar-refractivity contribution in [2.24, 2.45) is 0 Å². The zero-order valence-electron chi connectivity index (χ0n) is 13.7. The van der Waals surface area contributed by atoms with Gasteiger partial charge in [0.15, 0.2) is 5.82 Å². The van der Waals surface area contributed by atoms with Crippen LogP contribution in [0.2, 0.25) is 0 Å². The van der Waals surface area contributed by atoms with Crippen molar-refractivity contribution in [3.8, 4) is 0 Å². The van der Waals surface area contributed by atoms with Gasteiger partial charge in [-0.3, -0.25) is 14.9 Å². The highest BCUT2D eigenvalue weighted by Gasteiger charge is 2.36. The summed E-state index contributed by atoms with van der Waals surface area (Å²) in [7, 11) is 0. The van der Waals surface area contributed by atoms with Crippen molar-refractivity contribution in [1.29, 1.82) is 0 Å². The van der Waals surface area contributed by atoms with E-state index in [9.17, 15) is 0 Å². The van der Waals surface area contributed by atoms with Gasteiger partial charge in [-0.1, -0.05) is 6.42 Å². The Morgan fingerprint density at radius 1 is 1.14 bits per heavy atom. The predicted molar refractivity (Wildman–Crippen MR) is 84.2 cm³/mol. The Morgan fingerprint density at radius 2 is 1.90 bits per heavy atom. The van der Waals surface area contributed by atoms with E-state index in [0.717, 1.165) is 18.2 Å². The third kappa shape index (κ3) is 3.29. The second kappa shape index (κ2) is 6.05. The van der Waals surface area contributed by atoms with Crippen LogP contribution in [0.25, 0.3) is 0 Å². The summed E-state index contributed by atoms with van der Waals surface area (Å²) in [4.78, 5) is 9.83. The number of nitrogens with one attached hydrogen (secondary N) is 1. The van der Waals surface area contributed by atoms with E-state index in [-0.39, 0.29) is 5.54 Å². The molecular formula is C16H29N5. The van der Waals surface area contributed by atoms with Gasteiger partial charge in [-0.2, -0.15) is 5.10 Å². The lowest BCUT2D eigenvalue weighted by Crippen LogP contribution is -2.53. The molecule has 1 aromatic heterocycles. The van der Waals surface area contributed by atoms with Gasteiger partial charge in [0, 0.05) is 12.1 Å². The van der Waals surface area contributed by atoms with Gasteiger partial charge in [0.2, 0.25) is 0 Å². The minimum atomic E-state index is 0.244.